The fourth-order valence-corrected chi connectivity index (χ4v) is 3.51. The summed E-state index contributed by atoms with van der Waals surface area (Å²) in [4.78, 5) is 0. The van der Waals surface area contributed by atoms with Gasteiger partial charge >= 0.3 is 0 Å². The van der Waals surface area contributed by atoms with Gasteiger partial charge in [0.1, 0.15) is 0 Å². The van der Waals surface area contributed by atoms with E-state index in [0.717, 1.165) is 0 Å². The van der Waals surface area contributed by atoms with E-state index >= 15 is 0 Å². The molecule has 0 aliphatic heterocycles. The minimum absolute atomic E-state index is 0.662. The summed E-state index contributed by atoms with van der Waals surface area (Å²) in [5, 5.41) is 3.74. The normalized spacial score (nSPS) is 17.8. The summed E-state index contributed by atoms with van der Waals surface area (Å²) < 4.78 is 1.21. The van der Waals surface area contributed by atoms with Crippen LogP contribution in [-0.2, 0) is 0 Å². The molecule has 1 aromatic carbocycles. The smallest absolute Gasteiger partial charge is 0.0516 e. The standard InChI is InChI=1S/C15H22BrN/c1-11-9-12(2)15(14(16)10-11)17-13-7-5-3-4-6-8-13/h9-10,13,17H,3-8H2,1-2H3. The maximum Gasteiger partial charge on any atom is 0.0516 e. The lowest BCUT2D eigenvalue weighted by Crippen LogP contribution is -2.19. The highest BCUT2D eigenvalue weighted by Crippen LogP contribution is 2.30. The van der Waals surface area contributed by atoms with Crippen LogP contribution in [0, 0.1) is 13.8 Å². The summed E-state index contributed by atoms with van der Waals surface area (Å²) in [5.74, 6) is 0. The van der Waals surface area contributed by atoms with Gasteiger partial charge in [-0.1, -0.05) is 31.7 Å². The number of rotatable bonds is 2. The van der Waals surface area contributed by atoms with Crippen molar-refractivity contribution in [3.63, 3.8) is 0 Å². The second-order valence-corrected chi connectivity index (χ2v) is 6.13. The maximum atomic E-state index is 3.74. The van der Waals surface area contributed by atoms with Crippen molar-refractivity contribution < 1.29 is 0 Å². The Hall–Kier alpha value is -0.500. The molecule has 2 rings (SSSR count). The van der Waals surface area contributed by atoms with Crippen molar-refractivity contribution in [1.82, 2.24) is 0 Å². The van der Waals surface area contributed by atoms with Crippen molar-refractivity contribution in [2.45, 2.75) is 58.4 Å². The molecule has 0 saturated heterocycles. The van der Waals surface area contributed by atoms with E-state index in [1.54, 1.807) is 0 Å². The van der Waals surface area contributed by atoms with E-state index in [1.807, 2.05) is 0 Å². The topological polar surface area (TPSA) is 12.0 Å². The summed E-state index contributed by atoms with van der Waals surface area (Å²) >= 11 is 3.68. The lowest BCUT2D eigenvalue weighted by atomic mass is 10.1. The van der Waals surface area contributed by atoms with Gasteiger partial charge in [-0.2, -0.15) is 0 Å². The average molecular weight is 296 g/mol. The first-order valence-electron chi connectivity index (χ1n) is 6.70. The molecular formula is C15H22BrN. The molecule has 2 heteroatoms. The molecule has 0 amide bonds. The minimum atomic E-state index is 0.662. The number of benzene rings is 1. The van der Waals surface area contributed by atoms with Crippen LogP contribution in [-0.4, -0.2) is 6.04 Å². The van der Waals surface area contributed by atoms with Gasteiger partial charge in [0.05, 0.1) is 5.69 Å². The lowest BCUT2D eigenvalue weighted by molar-refractivity contribution is 0.619. The Labute approximate surface area is 113 Å². The Bertz CT molecular complexity index is 356. The van der Waals surface area contributed by atoms with Crippen LogP contribution in [0.5, 0.6) is 0 Å². The summed E-state index contributed by atoms with van der Waals surface area (Å²) in [6.07, 6.45) is 8.21. The predicted molar refractivity (Wildman–Crippen MR) is 78.7 cm³/mol. The van der Waals surface area contributed by atoms with Crippen molar-refractivity contribution in [1.29, 1.82) is 0 Å². The first-order valence-corrected chi connectivity index (χ1v) is 7.49. The third-order valence-corrected chi connectivity index (χ3v) is 4.26. The van der Waals surface area contributed by atoms with Gasteiger partial charge in [0.25, 0.3) is 0 Å². The van der Waals surface area contributed by atoms with E-state index in [0.29, 0.717) is 6.04 Å². The monoisotopic (exact) mass is 295 g/mol. The number of hydrogen-bond donors (Lipinski definition) is 1. The Morgan fingerprint density at radius 2 is 1.71 bits per heavy atom. The molecule has 0 spiro atoms. The Morgan fingerprint density at radius 1 is 1.06 bits per heavy atom. The van der Waals surface area contributed by atoms with E-state index in [4.69, 9.17) is 0 Å². The summed E-state index contributed by atoms with van der Waals surface area (Å²) in [7, 11) is 0. The SMILES string of the molecule is Cc1cc(C)c(NC2CCCCCC2)c(Br)c1. The van der Waals surface area contributed by atoms with Gasteiger partial charge in [-0.25, -0.2) is 0 Å². The zero-order chi connectivity index (χ0) is 12.3. The van der Waals surface area contributed by atoms with E-state index in [-0.39, 0.29) is 0 Å². The molecule has 17 heavy (non-hydrogen) atoms. The van der Waals surface area contributed by atoms with Gasteiger partial charge in [0.2, 0.25) is 0 Å². The highest BCUT2D eigenvalue weighted by molar-refractivity contribution is 9.10. The number of aryl methyl sites for hydroxylation is 2. The van der Waals surface area contributed by atoms with Crippen LogP contribution in [0.4, 0.5) is 5.69 Å². The van der Waals surface area contributed by atoms with Gasteiger partial charge in [-0.3, -0.25) is 0 Å². The highest BCUT2D eigenvalue weighted by atomic mass is 79.9. The van der Waals surface area contributed by atoms with Crippen LogP contribution in [0.2, 0.25) is 0 Å². The van der Waals surface area contributed by atoms with Gasteiger partial charge < -0.3 is 5.32 Å². The summed E-state index contributed by atoms with van der Waals surface area (Å²) in [6.45, 7) is 4.34. The highest BCUT2D eigenvalue weighted by Gasteiger charge is 2.14. The molecule has 0 radical (unpaired) electrons. The molecule has 0 heterocycles. The quantitative estimate of drug-likeness (QED) is 0.740. The van der Waals surface area contributed by atoms with Crippen LogP contribution >= 0.6 is 15.9 Å². The third-order valence-electron chi connectivity index (χ3n) is 3.64. The molecule has 1 aliphatic carbocycles. The fraction of sp³-hybridized carbons (Fsp3) is 0.600. The molecule has 1 fully saturated rings. The Kier molecular flexibility index (Phi) is 4.49. The zero-order valence-electron chi connectivity index (χ0n) is 10.9. The summed E-state index contributed by atoms with van der Waals surface area (Å²) in [5.41, 5.74) is 3.96. The Morgan fingerprint density at radius 3 is 2.29 bits per heavy atom. The lowest BCUT2D eigenvalue weighted by Gasteiger charge is -2.21. The Balaban J connectivity index is 2.11. The molecule has 0 aromatic heterocycles. The molecular weight excluding hydrogens is 274 g/mol. The van der Waals surface area contributed by atoms with E-state index < -0.39 is 0 Å². The number of anilines is 1. The van der Waals surface area contributed by atoms with Crippen molar-refractivity contribution in [2.24, 2.45) is 0 Å². The van der Waals surface area contributed by atoms with Gasteiger partial charge in [0.15, 0.2) is 0 Å². The number of nitrogens with one attached hydrogen (secondary N) is 1. The van der Waals surface area contributed by atoms with Crippen LogP contribution in [0.25, 0.3) is 0 Å². The van der Waals surface area contributed by atoms with Gasteiger partial charge in [-0.05, 0) is 59.8 Å². The van der Waals surface area contributed by atoms with Crippen molar-refractivity contribution in [3.05, 3.63) is 27.7 Å². The van der Waals surface area contributed by atoms with Crippen molar-refractivity contribution >= 4 is 21.6 Å². The second-order valence-electron chi connectivity index (χ2n) is 5.27. The molecule has 0 atom stereocenters. The third kappa shape index (κ3) is 3.48. The molecule has 0 unspecified atom stereocenters. The van der Waals surface area contributed by atoms with Crippen LogP contribution in [0.3, 0.4) is 0 Å². The molecule has 1 nitrogen and oxygen atoms in total. The minimum Gasteiger partial charge on any atom is -0.381 e. The van der Waals surface area contributed by atoms with Crippen LogP contribution in [0.15, 0.2) is 16.6 Å². The number of hydrogen-bond acceptors (Lipinski definition) is 1. The zero-order valence-corrected chi connectivity index (χ0v) is 12.4. The van der Waals surface area contributed by atoms with Gasteiger partial charge in [0, 0.05) is 10.5 Å². The maximum absolute atomic E-state index is 3.74. The fourth-order valence-electron chi connectivity index (χ4n) is 2.73. The van der Waals surface area contributed by atoms with E-state index in [9.17, 15) is 0 Å². The predicted octanol–water partition coefficient (Wildman–Crippen LogP) is 5.20. The summed E-state index contributed by atoms with van der Waals surface area (Å²) in [6, 6.07) is 5.12. The molecule has 94 valence electrons. The first kappa shape index (κ1) is 12.9. The molecule has 1 aliphatic rings. The molecule has 1 N–H and O–H groups in total. The molecule has 0 bridgehead atoms. The van der Waals surface area contributed by atoms with Crippen LogP contribution < -0.4 is 5.32 Å². The van der Waals surface area contributed by atoms with E-state index in [2.05, 4.69) is 47.2 Å². The molecule has 1 aromatic rings. The second kappa shape index (κ2) is 5.90. The number of halogens is 1. The van der Waals surface area contributed by atoms with Crippen LogP contribution in [0.1, 0.15) is 49.7 Å². The largest absolute Gasteiger partial charge is 0.381 e. The molecule has 1 saturated carbocycles. The van der Waals surface area contributed by atoms with Gasteiger partial charge in [-0.15, -0.1) is 0 Å². The van der Waals surface area contributed by atoms with Crippen molar-refractivity contribution in [2.75, 3.05) is 5.32 Å². The average Bonchev–Trinajstić information content (AvgIpc) is 2.51. The van der Waals surface area contributed by atoms with E-state index in [1.165, 1.54) is 59.8 Å². The van der Waals surface area contributed by atoms with Crippen molar-refractivity contribution in [3.8, 4) is 0 Å². The first-order chi connectivity index (χ1) is 8.16.